The fraction of sp³-hybridized carbons (Fsp3) is 0.182. The van der Waals surface area contributed by atoms with Crippen LogP contribution in [0.5, 0.6) is 0 Å². The maximum absolute atomic E-state index is 12.8. The zero-order valence-electron chi connectivity index (χ0n) is 9.11. The van der Waals surface area contributed by atoms with Gasteiger partial charge in [-0.05, 0) is 19.1 Å². The first-order valence-corrected chi connectivity index (χ1v) is 5.85. The first kappa shape index (κ1) is 11.7. The Labute approximate surface area is 102 Å². The molecule has 1 amide bonds. The van der Waals surface area contributed by atoms with E-state index in [-0.39, 0.29) is 5.69 Å². The summed E-state index contributed by atoms with van der Waals surface area (Å²) in [4.78, 5) is 19.3. The van der Waals surface area contributed by atoms with Crippen LogP contribution in [0.15, 0.2) is 23.6 Å². The van der Waals surface area contributed by atoms with E-state index in [1.54, 1.807) is 0 Å². The molecule has 17 heavy (non-hydrogen) atoms. The number of aryl methyl sites for hydroxylation is 1. The molecular formula is C11H10FN3OS. The number of carbonyl (C=O) groups is 1. The molecule has 0 aliphatic carbocycles. The van der Waals surface area contributed by atoms with Crippen molar-refractivity contribution in [2.45, 2.75) is 13.5 Å². The first-order chi connectivity index (χ1) is 8.15. The van der Waals surface area contributed by atoms with Crippen molar-refractivity contribution >= 4 is 17.2 Å². The molecule has 0 spiro atoms. The lowest BCUT2D eigenvalue weighted by Gasteiger charge is -2.02. The lowest BCUT2D eigenvalue weighted by atomic mass is 10.3. The van der Waals surface area contributed by atoms with Gasteiger partial charge >= 0.3 is 0 Å². The van der Waals surface area contributed by atoms with E-state index in [0.29, 0.717) is 6.54 Å². The highest BCUT2D eigenvalue weighted by atomic mass is 32.1. The van der Waals surface area contributed by atoms with Gasteiger partial charge in [-0.25, -0.2) is 9.97 Å². The molecule has 6 heteroatoms. The Kier molecular flexibility index (Phi) is 3.43. The molecule has 88 valence electrons. The average Bonchev–Trinajstić information content (AvgIpc) is 2.72. The highest BCUT2D eigenvalue weighted by Crippen LogP contribution is 2.07. The summed E-state index contributed by atoms with van der Waals surface area (Å²) in [5.41, 5.74) is 0.856. The quantitative estimate of drug-likeness (QED) is 0.848. The zero-order chi connectivity index (χ0) is 12.3. The van der Waals surface area contributed by atoms with E-state index in [1.807, 2.05) is 12.3 Å². The predicted octanol–water partition coefficient (Wildman–Crippen LogP) is 1.92. The normalized spacial score (nSPS) is 10.2. The maximum atomic E-state index is 12.8. The Balaban J connectivity index is 1.98. The van der Waals surface area contributed by atoms with Crippen LogP contribution >= 0.6 is 11.3 Å². The summed E-state index contributed by atoms with van der Waals surface area (Å²) >= 11 is 1.52. The molecule has 2 aromatic heterocycles. The number of thiazole rings is 1. The summed E-state index contributed by atoms with van der Waals surface area (Å²) in [6.07, 6.45) is 0. The number of aromatic nitrogens is 2. The smallest absolute Gasteiger partial charge is 0.270 e. The van der Waals surface area contributed by atoms with Crippen LogP contribution < -0.4 is 5.32 Å². The van der Waals surface area contributed by atoms with Gasteiger partial charge in [0.1, 0.15) is 5.69 Å². The molecular weight excluding hydrogens is 241 g/mol. The number of nitrogens with zero attached hydrogens (tertiary/aromatic N) is 2. The van der Waals surface area contributed by atoms with Crippen molar-refractivity contribution in [3.8, 4) is 0 Å². The third-order valence-corrected chi connectivity index (χ3v) is 2.87. The number of halogens is 1. The second-order valence-electron chi connectivity index (χ2n) is 3.39. The monoisotopic (exact) mass is 251 g/mol. The molecule has 0 radical (unpaired) electrons. The fourth-order valence-corrected chi connectivity index (χ4v) is 1.90. The van der Waals surface area contributed by atoms with Gasteiger partial charge in [-0.2, -0.15) is 4.39 Å². The van der Waals surface area contributed by atoms with Gasteiger partial charge in [-0.1, -0.05) is 6.07 Å². The van der Waals surface area contributed by atoms with Gasteiger partial charge in [0.05, 0.1) is 17.2 Å². The lowest BCUT2D eigenvalue weighted by molar-refractivity contribution is 0.0944. The van der Waals surface area contributed by atoms with Crippen LogP contribution in [0.2, 0.25) is 0 Å². The van der Waals surface area contributed by atoms with Crippen molar-refractivity contribution in [2.75, 3.05) is 0 Å². The van der Waals surface area contributed by atoms with E-state index in [1.165, 1.54) is 29.5 Å². The molecule has 2 aromatic rings. The summed E-state index contributed by atoms with van der Waals surface area (Å²) in [5.74, 6) is -1.07. The number of nitrogens with one attached hydrogen (secondary N) is 1. The number of rotatable bonds is 3. The van der Waals surface area contributed by atoms with Crippen LogP contribution in [0.25, 0.3) is 0 Å². The molecule has 0 saturated heterocycles. The molecule has 0 saturated carbocycles. The molecule has 0 aromatic carbocycles. The van der Waals surface area contributed by atoms with Crippen LogP contribution in [0, 0.1) is 12.9 Å². The minimum atomic E-state index is -0.665. The van der Waals surface area contributed by atoms with Crippen molar-refractivity contribution in [1.82, 2.24) is 15.3 Å². The van der Waals surface area contributed by atoms with E-state index in [9.17, 15) is 9.18 Å². The van der Waals surface area contributed by atoms with E-state index in [4.69, 9.17) is 0 Å². The molecule has 4 nitrogen and oxygen atoms in total. The third kappa shape index (κ3) is 3.07. The molecule has 2 rings (SSSR count). The Morgan fingerprint density at radius 1 is 1.47 bits per heavy atom. The first-order valence-electron chi connectivity index (χ1n) is 4.97. The molecule has 0 aliphatic heterocycles. The molecule has 0 bridgehead atoms. The minimum Gasteiger partial charge on any atom is -0.345 e. The second kappa shape index (κ2) is 5.01. The number of carbonyl (C=O) groups excluding carboxylic acids is 1. The SMILES string of the molecule is Cc1nc(CNC(=O)c2cccc(F)n2)cs1. The summed E-state index contributed by atoms with van der Waals surface area (Å²) in [6, 6.07) is 4.11. The van der Waals surface area contributed by atoms with Gasteiger partial charge in [-0.3, -0.25) is 4.79 Å². The number of amides is 1. The number of hydrogen-bond acceptors (Lipinski definition) is 4. The average molecular weight is 251 g/mol. The lowest BCUT2D eigenvalue weighted by Crippen LogP contribution is -2.24. The Morgan fingerprint density at radius 3 is 2.94 bits per heavy atom. The summed E-state index contributed by atoms with van der Waals surface area (Å²) in [6.45, 7) is 2.21. The van der Waals surface area contributed by atoms with Gasteiger partial charge in [0.25, 0.3) is 5.91 Å². The second-order valence-corrected chi connectivity index (χ2v) is 4.45. The topological polar surface area (TPSA) is 54.9 Å². The summed E-state index contributed by atoms with van der Waals surface area (Å²) in [7, 11) is 0. The van der Waals surface area contributed by atoms with Crippen LogP contribution in [-0.2, 0) is 6.54 Å². The van der Waals surface area contributed by atoms with Crippen molar-refractivity contribution < 1.29 is 9.18 Å². The van der Waals surface area contributed by atoms with Crippen LogP contribution in [0.1, 0.15) is 21.2 Å². The Morgan fingerprint density at radius 2 is 2.29 bits per heavy atom. The van der Waals surface area contributed by atoms with Gasteiger partial charge in [0.2, 0.25) is 5.95 Å². The van der Waals surface area contributed by atoms with Crippen molar-refractivity contribution in [3.05, 3.63) is 45.9 Å². The van der Waals surface area contributed by atoms with Gasteiger partial charge in [-0.15, -0.1) is 11.3 Å². The summed E-state index contributed by atoms with van der Waals surface area (Å²) in [5, 5.41) is 5.44. The zero-order valence-corrected chi connectivity index (χ0v) is 9.92. The largest absolute Gasteiger partial charge is 0.345 e. The standard InChI is InChI=1S/C11H10FN3OS/c1-7-14-8(6-17-7)5-13-11(16)9-3-2-4-10(12)15-9/h2-4,6H,5H2,1H3,(H,13,16). The highest BCUT2D eigenvalue weighted by molar-refractivity contribution is 7.09. The number of pyridine rings is 1. The van der Waals surface area contributed by atoms with E-state index in [0.717, 1.165) is 10.7 Å². The van der Waals surface area contributed by atoms with Gasteiger partial charge in [0, 0.05) is 5.38 Å². The number of hydrogen-bond donors (Lipinski definition) is 1. The predicted molar refractivity (Wildman–Crippen MR) is 62.2 cm³/mol. The molecule has 2 heterocycles. The Bertz CT molecular complexity index is 541. The van der Waals surface area contributed by atoms with Gasteiger partial charge < -0.3 is 5.32 Å². The van der Waals surface area contributed by atoms with Crippen LogP contribution in [-0.4, -0.2) is 15.9 Å². The maximum Gasteiger partial charge on any atom is 0.270 e. The van der Waals surface area contributed by atoms with Crippen molar-refractivity contribution in [3.63, 3.8) is 0 Å². The third-order valence-electron chi connectivity index (χ3n) is 2.04. The van der Waals surface area contributed by atoms with E-state index in [2.05, 4.69) is 15.3 Å². The minimum absolute atomic E-state index is 0.0666. The van der Waals surface area contributed by atoms with E-state index < -0.39 is 11.9 Å². The van der Waals surface area contributed by atoms with Crippen LogP contribution in [0.3, 0.4) is 0 Å². The molecule has 0 aliphatic rings. The Hall–Kier alpha value is -1.82. The fourth-order valence-electron chi connectivity index (χ4n) is 1.29. The molecule has 1 N–H and O–H groups in total. The summed E-state index contributed by atoms with van der Waals surface area (Å²) < 4.78 is 12.8. The highest BCUT2D eigenvalue weighted by Gasteiger charge is 2.08. The van der Waals surface area contributed by atoms with Crippen LogP contribution in [0.4, 0.5) is 4.39 Å². The molecule has 0 atom stereocenters. The van der Waals surface area contributed by atoms with Crippen molar-refractivity contribution in [2.24, 2.45) is 0 Å². The van der Waals surface area contributed by atoms with Crippen molar-refractivity contribution in [1.29, 1.82) is 0 Å². The molecule has 0 fully saturated rings. The molecule has 0 unspecified atom stereocenters. The van der Waals surface area contributed by atoms with Gasteiger partial charge in [0.15, 0.2) is 0 Å². The van der Waals surface area contributed by atoms with E-state index >= 15 is 0 Å².